The lowest BCUT2D eigenvalue weighted by atomic mass is 9.90. The molecule has 9 nitrogen and oxygen atoms in total. The Morgan fingerprint density at radius 2 is 1.34 bits per heavy atom. The number of carbonyl (C=O) groups is 2. The van der Waals surface area contributed by atoms with Crippen LogP contribution in [0.1, 0.15) is 52.7 Å². The van der Waals surface area contributed by atoms with Crippen molar-refractivity contribution in [3.05, 3.63) is 81.4 Å². The molecule has 16 heteroatoms. The van der Waals surface area contributed by atoms with Gasteiger partial charge in [-0.15, -0.1) is 0 Å². The Hall–Kier alpha value is -3.31. The van der Waals surface area contributed by atoms with Crippen LogP contribution >= 0.6 is 11.9 Å². The van der Waals surface area contributed by atoms with Crippen LogP contribution in [0.3, 0.4) is 0 Å². The summed E-state index contributed by atoms with van der Waals surface area (Å²) in [6.45, 7) is 3.95. The summed E-state index contributed by atoms with van der Waals surface area (Å²) in [5.41, 5.74) is 3.08. The molecule has 2 atom stereocenters. The number of carbonyl (C=O) groups excluding carboxylic acids is 2. The van der Waals surface area contributed by atoms with Gasteiger partial charge in [0.05, 0.1) is 23.4 Å². The van der Waals surface area contributed by atoms with Crippen LogP contribution in [0.25, 0.3) is 0 Å². The van der Waals surface area contributed by atoms with E-state index in [4.69, 9.17) is 10.9 Å². The van der Waals surface area contributed by atoms with Crippen LogP contribution in [0, 0.1) is 0 Å². The monoisotopic (exact) mass is 728 g/mol. The summed E-state index contributed by atoms with van der Waals surface area (Å²) >= 11 is 0.734. The highest BCUT2D eigenvalue weighted by atomic mass is 32.2. The van der Waals surface area contributed by atoms with Crippen molar-refractivity contribution >= 4 is 23.8 Å². The molecule has 0 saturated carbocycles. The predicted molar refractivity (Wildman–Crippen MR) is 177 cm³/mol. The molecule has 2 aromatic rings. The predicted octanol–water partition coefficient (Wildman–Crippen LogP) is 4.32. The Balaban J connectivity index is 1.24. The molecule has 3 aliphatic heterocycles. The standard InChI is InChI=1S/C34H42F6N6O3S/c35-33(36,37)24-17-23(18-25(19-24)34(38,39)40)31(48)46-11-8-27(20-28(46)16-22-4-2-1-3-5-22)44-14-12-43(13-15-44)26-6-9-45(10-7-26)32(49)30(50-42)29(41)21-47/h1-5,17-19,26-28,47H,6-16,20-21,41-42H2/b30-29-. The fourth-order valence-corrected chi connectivity index (χ4v) is 7.78. The normalized spacial score (nSPS) is 22.4. The molecule has 3 fully saturated rings. The zero-order valence-electron chi connectivity index (χ0n) is 27.4. The van der Waals surface area contributed by atoms with E-state index in [-0.39, 0.29) is 41.2 Å². The molecule has 5 N–H and O–H groups in total. The van der Waals surface area contributed by atoms with Crippen LogP contribution in [0.4, 0.5) is 26.3 Å². The second-order valence-electron chi connectivity index (χ2n) is 13.0. The van der Waals surface area contributed by atoms with Crippen molar-refractivity contribution in [1.29, 1.82) is 0 Å². The summed E-state index contributed by atoms with van der Waals surface area (Å²) in [6.07, 6.45) is -7.08. The molecule has 5 rings (SSSR count). The van der Waals surface area contributed by atoms with Gasteiger partial charge in [-0.2, -0.15) is 26.3 Å². The molecule has 0 aromatic heterocycles. The van der Waals surface area contributed by atoms with Gasteiger partial charge in [0.25, 0.3) is 11.8 Å². The van der Waals surface area contributed by atoms with E-state index in [1.54, 1.807) is 4.90 Å². The van der Waals surface area contributed by atoms with Crippen LogP contribution in [0.15, 0.2) is 59.1 Å². The van der Waals surface area contributed by atoms with Crippen molar-refractivity contribution in [2.45, 2.75) is 62.6 Å². The molecule has 0 radical (unpaired) electrons. The summed E-state index contributed by atoms with van der Waals surface area (Å²) in [5.74, 6) is -1.13. The number of piperazine rings is 1. The van der Waals surface area contributed by atoms with Crippen molar-refractivity contribution in [2.24, 2.45) is 10.9 Å². The Bertz CT molecular complexity index is 1490. The smallest absolute Gasteiger partial charge is 0.399 e. The van der Waals surface area contributed by atoms with Gasteiger partial charge in [0, 0.05) is 69.5 Å². The first-order valence-electron chi connectivity index (χ1n) is 16.6. The van der Waals surface area contributed by atoms with Gasteiger partial charge in [-0.25, -0.2) is 0 Å². The van der Waals surface area contributed by atoms with E-state index < -0.39 is 47.6 Å². The molecule has 3 heterocycles. The lowest BCUT2D eigenvalue weighted by molar-refractivity contribution is -0.143. The van der Waals surface area contributed by atoms with E-state index in [9.17, 15) is 41.0 Å². The number of nitrogens with two attached hydrogens (primary N) is 2. The lowest BCUT2D eigenvalue weighted by Crippen LogP contribution is -2.58. The van der Waals surface area contributed by atoms with E-state index >= 15 is 0 Å². The second-order valence-corrected chi connectivity index (χ2v) is 13.7. The number of aliphatic hydroxyl groups excluding tert-OH is 1. The number of likely N-dealkylation sites (tertiary alicyclic amines) is 2. The van der Waals surface area contributed by atoms with Crippen LogP contribution < -0.4 is 10.9 Å². The number of hydrogen-bond donors (Lipinski definition) is 3. The van der Waals surface area contributed by atoms with Crippen LogP contribution in [0.2, 0.25) is 0 Å². The van der Waals surface area contributed by atoms with E-state index in [0.29, 0.717) is 44.5 Å². The van der Waals surface area contributed by atoms with Gasteiger partial charge in [0.1, 0.15) is 4.91 Å². The summed E-state index contributed by atoms with van der Waals surface area (Å²) < 4.78 is 81.6. The number of aliphatic hydroxyl groups is 1. The van der Waals surface area contributed by atoms with Gasteiger partial charge >= 0.3 is 12.4 Å². The number of piperidine rings is 2. The third-order valence-corrected chi connectivity index (χ3v) is 10.7. The number of hydrogen-bond acceptors (Lipinski definition) is 8. The van der Waals surface area contributed by atoms with E-state index in [0.717, 1.165) is 56.5 Å². The first-order chi connectivity index (χ1) is 23.7. The Labute approximate surface area is 291 Å². The average Bonchev–Trinajstić information content (AvgIpc) is 3.11. The number of alkyl halides is 6. The minimum Gasteiger partial charge on any atom is -0.399 e. The van der Waals surface area contributed by atoms with Gasteiger partial charge in [-0.3, -0.25) is 24.5 Å². The number of nitrogens with zero attached hydrogens (tertiary/aromatic N) is 4. The molecule has 2 amide bonds. The minimum absolute atomic E-state index is 0.0383. The highest BCUT2D eigenvalue weighted by Gasteiger charge is 2.41. The van der Waals surface area contributed by atoms with Crippen molar-refractivity contribution in [3.63, 3.8) is 0 Å². The minimum atomic E-state index is -5.05. The fraction of sp³-hybridized carbons (Fsp3) is 0.529. The van der Waals surface area contributed by atoms with Crippen molar-refractivity contribution in [1.82, 2.24) is 19.6 Å². The van der Waals surface area contributed by atoms with Crippen molar-refractivity contribution < 1.29 is 41.0 Å². The second kappa shape index (κ2) is 15.9. The average molecular weight is 729 g/mol. The van der Waals surface area contributed by atoms with Gasteiger partial charge in [0.15, 0.2) is 0 Å². The fourth-order valence-electron chi connectivity index (χ4n) is 7.33. The van der Waals surface area contributed by atoms with E-state index in [2.05, 4.69) is 9.80 Å². The summed E-state index contributed by atoms with van der Waals surface area (Å²) in [5, 5.41) is 14.9. The first-order valence-corrected chi connectivity index (χ1v) is 17.5. The Morgan fingerprint density at radius 3 is 1.86 bits per heavy atom. The number of amides is 2. The SMILES string of the molecule is NS/C(C(=O)N1CCC(N2CCN(C3CCN(C(=O)c4cc(C(F)(F)F)cc(C(F)(F)F)c4)C(Cc4ccccc4)C3)CC2)CC1)=C(\N)CO. The summed E-state index contributed by atoms with van der Waals surface area (Å²) in [7, 11) is 0. The molecule has 0 bridgehead atoms. The quantitative estimate of drug-likeness (QED) is 0.209. The molecule has 274 valence electrons. The third kappa shape index (κ3) is 8.94. The Morgan fingerprint density at radius 1 is 0.800 bits per heavy atom. The molecule has 3 saturated heterocycles. The third-order valence-electron chi connectivity index (χ3n) is 10.0. The van der Waals surface area contributed by atoms with E-state index in [1.165, 1.54) is 4.90 Å². The lowest BCUT2D eigenvalue weighted by Gasteiger charge is -2.48. The number of halogens is 6. The maximum Gasteiger partial charge on any atom is 0.416 e. The highest BCUT2D eigenvalue weighted by molar-refractivity contribution is 8.01. The van der Waals surface area contributed by atoms with Gasteiger partial charge in [0.2, 0.25) is 0 Å². The largest absolute Gasteiger partial charge is 0.416 e. The molecule has 3 aliphatic rings. The maximum absolute atomic E-state index is 13.7. The molecule has 2 aromatic carbocycles. The maximum atomic E-state index is 13.7. The number of rotatable bonds is 8. The molecule has 0 spiro atoms. The molecular weight excluding hydrogens is 686 g/mol. The summed E-state index contributed by atoms with van der Waals surface area (Å²) in [4.78, 5) is 34.7. The van der Waals surface area contributed by atoms with Crippen LogP contribution in [0.5, 0.6) is 0 Å². The summed E-state index contributed by atoms with van der Waals surface area (Å²) in [6, 6.07) is 10.3. The first kappa shape index (κ1) is 37.9. The molecule has 50 heavy (non-hydrogen) atoms. The van der Waals surface area contributed by atoms with E-state index in [1.807, 2.05) is 30.3 Å². The van der Waals surface area contributed by atoms with Crippen molar-refractivity contribution in [2.75, 3.05) is 52.4 Å². The molecular formula is C34H42F6N6O3S. The zero-order chi connectivity index (χ0) is 36.2. The number of benzene rings is 2. The Kier molecular flexibility index (Phi) is 12.1. The van der Waals surface area contributed by atoms with Gasteiger partial charge < -0.3 is 20.6 Å². The molecule has 0 aliphatic carbocycles. The van der Waals surface area contributed by atoms with Gasteiger partial charge in [-0.1, -0.05) is 30.3 Å². The van der Waals surface area contributed by atoms with Crippen molar-refractivity contribution in [3.8, 4) is 0 Å². The zero-order valence-corrected chi connectivity index (χ0v) is 28.2. The topological polar surface area (TPSA) is 119 Å². The molecule has 2 unspecified atom stereocenters. The van der Waals surface area contributed by atoms with Gasteiger partial charge in [-0.05, 0) is 67.8 Å². The van der Waals surface area contributed by atoms with Crippen LogP contribution in [-0.2, 0) is 23.6 Å². The van der Waals surface area contributed by atoms with Crippen LogP contribution in [-0.4, -0.2) is 107 Å². The highest BCUT2D eigenvalue weighted by Crippen LogP contribution is 2.37.